The molecule has 0 radical (unpaired) electrons. The maximum atomic E-state index is 11.4. The Bertz CT molecular complexity index is 699. The predicted molar refractivity (Wildman–Crippen MR) is 92.2 cm³/mol. The molecule has 0 aliphatic carbocycles. The molecule has 0 aromatic heterocycles. The number of hydrogen-bond donors (Lipinski definition) is 0. The van der Waals surface area contributed by atoms with Crippen molar-refractivity contribution in [3.63, 3.8) is 0 Å². The molecule has 3 nitrogen and oxygen atoms in total. The number of hydrogen-bond acceptors (Lipinski definition) is 2. The third-order valence-electron chi connectivity index (χ3n) is 4.22. The maximum absolute atomic E-state index is 11.4. The van der Waals surface area contributed by atoms with Gasteiger partial charge in [0, 0.05) is 26.1 Å². The Labute approximate surface area is 137 Å². The van der Waals surface area contributed by atoms with Crippen LogP contribution in [0.3, 0.4) is 0 Å². The molecule has 3 rings (SSSR count). The monoisotopic (exact) mass is 307 g/mol. The fourth-order valence-electron chi connectivity index (χ4n) is 2.80. The predicted octanol–water partition coefficient (Wildman–Crippen LogP) is 3.88. The Morgan fingerprint density at radius 2 is 1.83 bits per heavy atom. The number of benzene rings is 2. The molecular weight excluding hydrogens is 286 g/mol. The van der Waals surface area contributed by atoms with Gasteiger partial charge in [0.25, 0.3) is 0 Å². The van der Waals surface area contributed by atoms with Gasteiger partial charge >= 0.3 is 0 Å². The summed E-state index contributed by atoms with van der Waals surface area (Å²) in [5.74, 6) is 1.00. The summed E-state index contributed by atoms with van der Waals surface area (Å²) in [7, 11) is 1.83. The van der Waals surface area contributed by atoms with E-state index in [9.17, 15) is 4.79 Å². The second-order valence-corrected chi connectivity index (χ2v) is 5.79. The van der Waals surface area contributed by atoms with Gasteiger partial charge in [-0.15, -0.1) is 0 Å². The van der Waals surface area contributed by atoms with E-state index in [1.165, 1.54) is 16.7 Å². The lowest BCUT2D eigenvalue weighted by atomic mass is 9.93. The van der Waals surface area contributed by atoms with Gasteiger partial charge < -0.3 is 9.64 Å². The van der Waals surface area contributed by atoms with Crippen molar-refractivity contribution in [2.75, 3.05) is 13.6 Å². The standard InChI is InChI=1S/C20H21NO2/c1-15(22)21(2)13-7-11-18-17-9-4-3-8-16(17)14-23-20-12-6-5-10-19(18)20/h3-6,8-12H,7,13-14H2,1-2H3. The summed E-state index contributed by atoms with van der Waals surface area (Å²) < 4.78 is 5.97. The van der Waals surface area contributed by atoms with Gasteiger partial charge in [-0.25, -0.2) is 0 Å². The van der Waals surface area contributed by atoms with Crippen LogP contribution in [0.5, 0.6) is 5.75 Å². The SMILES string of the molecule is CC(=O)N(C)CCC=C1c2ccccc2COc2ccccc21. The summed E-state index contributed by atoms with van der Waals surface area (Å²) in [5.41, 5.74) is 4.70. The highest BCUT2D eigenvalue weighted by Gasteiger charge is 2.18. The molecule has 2 aromatic carbocycles. The fourth-order valence-corrected chi connectivity index (χ4v) is 2.80. The highest BCUT2D eigenvalue weighted by Crippen LogP contribution is 2.36. The molecule has 1 heterocycles. The van der Waals surface area contributed by atoms with Crippen molar-refractivity contribution in [1.29, 1.82) is 0 Å². The number of carbonyl (C=O) groups is 1. The van der Waals surface area contributed by atoms with E-state index in [0.29, 0.717) is 13.2 Å². The average molecular weight is 307 g/mol. The van der Waals surface area contributed by atoms with E-state index in [1.807, 2.05) is 31.3 Å². The molecule has 1 amide bonds. The number of ether oxygens (including phenoxy) is 1. The second kappa shape index (κ2) is 6.69. The van der Waals surface area contributed by atoms with Crippen LogP contribution >= 0.6 is 0 Å². The first-order valence-electron chi connectivity index (χ1n) is 7.89. The minimum Gasteiger partial charge on any atom is -0.488 e. The third-order valence-corrected chi connectivity index (χ3v) is 4.22. The van der Waals surface area contributed by atoms with Crippen LogP contribution in [0.15, 0.2) is 54.6 Å². The van der Waals surface area contributed by atoms with Crippen molar-refractivity contribution in [2.24, 2.45) is 0 Å². The number of nitrogens with zero attached hydrogens (tertiary/aromatic N) is 1. The minimum absolute atomic E-state index is 0.0911. The van der Waals surface area contributed by atoms with Gasteiger partial charge in [0.1, 0.15) is 12.4 Å². The molecule has 23 heavy (non-hydrogen) atoms. The van der Waals surface area contributed by atoms with Crippen molar-refractivity contribution in [1.82, 2.24) is 4.90 Å². The number of amides is 1. The molecule has 0 fully saturated rings. The summed E-state index contributed by atoms with van der Waals surface area (Å²) in [6.45, 7) is 2.89. The minimum atomic E-state index is 0.0911. The third kappa shape index (κ3) is 3.29. The summed E-state index contributed by atoms with van der Waals surface area (Å²) in [6.07, 6.45) is 3.03. The molecule has 0 saturated heterocycles. The summed E-state index contributed by atoms with van der Waals surface area (Å²) in [4.78, 5) is 13.1. The summed E-state index contributed by atoms with van der Waals surface area (Å²) >= 11 is 0. The van der Waals surface area contributed by atoms with Crippen LogP contribution in [0.25, 0.3) is 5.57 Å². The van der Waals surface area contributed by atoms with Crippen LogP contribution in [0, 0.1) is 0 Å². The number of para-hydroxylation sites is 1. The van der Waals surface area contributed by atoms with Crippen molar-refractivity contribution in [3.8, 4) is 5.75 Å². The molecule has 1 aliphatic rings. The maximum Gasteiger partial charge on any atom is 0.219 e. The molecule has 0 N–H and O–H groups in total. The quantitative estimate of drug-likeness (QED) is 0.861. The lowest BCUT2D eigenvalue weighted by molar-refractivity contribution is -0.127. The second-order valence-electron chi connectivity index (χ2n) is 5.79. The van der Waals surface area contributed by atoms with Crippen LogP contribution in [-0.2, 0) is 11.4 Å². The first-order valence-corrected chi connectivity index (χ1v) is 7.89. The van der Waals surface area contributed by atoms with Crippen LogP contribution < -0.4 is 4.74 Å². The molecule has 2 aromatic rings. The number of carbonyl (C=O) groups excluding carboxylic acids is 1. The Morgan fingerprint density at radius 3 is 2.61 bits per heavy atom. The van der Waals surface area contributed by atoms with Gasteiger partial charge in [-0.3, -0.25) is 4.79 Å². The Morgan fingerprint density at radius 1 is 1.13 bits per heavy atom. The highest BCUT2D eigenvalue weighted by atomic mass is 16.5. The van der Waals surface area contributed by atoms with Gasteiger partial charge in [-0.1, -0.05) is 48.5 Å². The lowest BCUT2D eigenvalue weighted by Gasteiger charge is -2.14. The topological polar surface area (TPSA) is 29.5 Å². The smallest absolute Gasteiger partial charge is 0.219 e. The summed E-state index contributed by atoms with van der Waals surface area (Å²) in [6, 6.07) is 16.5. The van der Waals surface area contributed by atoms with E-state index in [-0.39, 0.29) is 5.91 Å². The van der Waals surface area contributed by atoms with Crippen LogP contribution in [0.2, 0.25) is 0 Å². The van der Waals surface area contributed by atoms with E-state index in [0.717, 1.165) is 17.7 Å². The van der Waals surface area contributed by atoms with Gasteiger partial charge in [0.05, 0.1) is 0 Å². The Kier molecular flexibility index (Phi) is 4.47. The van der Waals surface area contributed by atoms with Crippen LogP contribution in [0.1, 0.15) is 30.0 Å². The number of rotatable bonds is 3. The van der Waals surface area contributed by atoms with Gasteiger partial charge in [-0.2, -0.15) is 0 Å². The zero-order chi connectivity index (χ0) is 16.2. The van der Waals surface area contributed by atoms with Gasteiger partial charge in [0.15, 0.2) is 0 Å². The Hall–Kier alpha value is -2.55. The molecule has 118 valence electrons. The van der Waals surface area contributed by atoms with Crippen molar-refractivity contribution in [2.45, 2.75) is 20.0 Å². The van der Waals surface area contributed by atoms with Crippen LogP contribution in [-0.4, -0.2) is 24.4 Å². The van der Waals surface area contributed by atoms with Gasteiger partial charge in [-0.05, 0) is 29.2 Å². The van der Waals surface area contributed by atoms with E-state index >= 15 is 0 Å². The largest absolute Gasteiger partial charge is 0.488 e. The molecule has 0 unspecified atom stereocenters. The molecule has 0 spiro atoms. The number of fused-ring (bicyclic) bond motifs is 2. The van der Waals surface area contributed by atoms with E-state index < -0.39 is 0 Å². The first kappa shape index (κ1) is 15.3. The lowest BCUT2D eigenvalue weighted by Crippen LogP contribution is -2.24. The van der Waals surface area contributed by atoms with E-state index in [2.05, 4.69) is 30.3 Å². The molecule has 3 heteroatoms. The average Bonchev–Trinajstić information content (AvgIpc) is 2.72. The molecule has 0 saturated carbocycles. The first-order chi connectivity index (χ1) is 11.2. The summed E-state index contributed by atoms with van der Waals surface area (Å²) in [5, 5.41) is 0. The zero-order valence-electron chi connectivity index (χ0n) is 13.6. The normalized spacial score (nSPS) is 14.4. The zero-order valence-corrected chi connectivity index (χ0v) is 13.6. The molecule has 1 aliphatic heterocycles. The van der Waals surface area contributed by atoms with Crippen LogP contribution in [0.4, 0.5) is 0 Å². The molecule has 0 atom stereocenters. The van der Waals surface area contributed by atoms with Crippen molar-refractivity contribution < 1.29 is 9.53 Å². The molecular formula is C20H21NO2. The highest BCUT2D eigenvalue weighted by molar-refractivity contribution is 5.85. The van der Waals surface area contributed by atoms with Gasteiger partial charge in [0.2, 0.25) is 5.91 Å². The van der Waals surface area contributed by atoms with E-state index in [1.54, 1.807) is 11.8 Å². The van der Waals surface area contributed by atoms with E-state index in [4.69, 9.17) is 4.74 Å². The van der Waals surface area contributed by atoms with Crippen molar-refractivity contribution in [3.05, 3.63) is 71.3 Å². The molecule has 0 bridgehead atoms. The Balaban J connectivity index is 1.98. The fraction of sp³-hybridized carbons (Fsp3) is 0.250. The van der Waals surface area contributed by atoms with Crippen molar-refractivity contribution >= 4 is 11.5 Å².